The number of thiazole rings is 1. The molecule has 0 aliphatic heterocycles. The molecule has 1 heterocycles. The number of hydrogen-bond acceptors (Lipinski definition) is 4. The molecule has 0 radical (unpaired) electrons. The smallest absolute Gasteiger partial charge is 0.239 e. The first-order valence-electron chi connectivity index (χ1n) is 5.01. The van der Waals surface area contributed by atoms with Crippen LogP contribution in [0.1, 0.15) is 0 Å². The number of carbonyl (C=O) groups is 1. The Morgan fingerprint density at radius 2 is 2.17 bits per heavy atom. The van der Waals surface area contributed by atoms with Gasteiger partial charge in [-0.25, -0.2) is 4.98 Å². The molecular weight excluding hydrogens is 293 g/mol. The SMILES string of the molecule is NCC(=O)Nc1csc(-c2ccc(Cl)c(Cl)c2)n1. The summed E-state index contributed by atoms with van der Waals surface area (Å²) in [5.41, 5.74) is 6.06. The third kappa shape index (κ3) is 3.00. The number of hydrogen-bond donors (Lipinski definition) is 2. The van der Waals surface area contributed by atoms with Crippen molar-refractivity contribution in [2.24, 2.45) is 5.73 Å². The van der Waals surface area contributed by atoms with Crippen LogP contribution in [0.2, 0.25) is 10.0 Å². The Morgan fingerprint density at radius 1 is 1.39 bits per heavy atom. The van der Waals surface area contributed by atoms with Crippen LogP contribution < -0.4 is 11.1 Å². The number of halogens is 2. The summed E-state index contributed by atoms with van der Waals surface area (Å²) in [6.45, 7) is -0.0698. The lowest BCUT2D eigenvalue weighted by Gasteiger charge is -2.00. The molecular formula is C11H9Cl2N3OS. The molecule has 0 bridgehead atoms. The minimum Gasteiger partial charge on any atom is -0.322 e. The predicted octanol–water partition coefficient (Wildman–Crippen LogP) is 3.01. The number of nitrogens with one attached hydrogen (secondary N) is 1. The lowest BCUT2D eigenvalue weighted by Crippen LogP contribution is -2.21. The molecule has 94 valence electrons. The molecule has 1 aromatic carbocycles. The summed E-state index contributed by atoms with van der Waals surface area (Å²) in [6.07, 6.45) is 0. The molecule has 0 saturated heterocycles. The first kappa shape index (κ1) is 13.3. The van der Waals surface area contributed by atoms with Crippen LogP contribution in [0, 0.1) is 0 Å². The number of nitrogens with two attached hydrogens (primary N) is 1. The molecule has 2 rings (SSSR count). The number of amides is 1. The third-order valence-corrected chi connectivity index (χ3v) is 3.75. The molecule has 0 fully saturated rings. The molecule has 7 heteroatoms. The molecule has 4 nitrogen and oxygen atoms in total. The van der Waals surface area contributed by atoms with Gasteiger partial charge in [0.15, 0.2) is 0 Å². The van der Waals surface area contributed by atoms with Crippen LogP contribution in [0.4, 0.5) is 5.82 Å². The lowest BCUT2D eigenvalue weighted by atomic mass is 10.2. The van der Waals surface area contributed by atoms with E-state index in [0.717, 1.165) is 10.6 Å². The third-order valence-electron chi connectivity index (χ3n) is 2.12. The van der Waals surface area contributed by atoms with Gasteiger partial charge in [-0.3, -0.25) is 4.79 Å². The quantitative estimate of drug-likeness (QED) is 0.915. The normalized spacial score (nSPS) is 10.4. The summed E-state index contributed by atoms with van der Waals surface area (Å²) in [5, 5.41) is 6.04. The van der Waals surface area contributed by atoms with Crippen molar-refractivity contribution in [2.45, 2.75) is 0 Å². The summed E-state index contributed by atoms with van der Waals surface area (Å²) in [6, 6.07) is 5.26. The van der Waals surface area contributed by atoms with Crippen LogP contribution in [-0.4, -0.2) is 17.4 Å². The topological polar surface area (TPSA) is 68.0 Å². The van der Waals surface area contributed by atoms with E-state index in [1.165, 1.54) is 11.3 Å². The van der Waals surface area contributed by atoms with E-state index < -0.39 is 0 Å². The maximum absolute atomic E-state index is 11.1. The fraction of sp³-hybridized carbons (Fsp3) is 0.0909. The van der Waals surface area contributed by atoms with Crippen molar-refractivity contribution in [1.82, 2.24) is 4.98 Å². The number of anilines is 1. The van der Waals surface area contributed by atoms with Crippen molar-refractivity contribution in [2.75, 3.05) is 11.9 Å². The average Bonchev–Trinajstić information content (AvgIpc) is 2.81. The van der Waals surface area contributed by atoms with Crippen molar-refractivity contribution >= 4 is 46.3 Å². The largest absolute Gasteiger partial charge is 0.322 e. The van der Waals surface area contributed by atoms with E-state index in [0.29, 0.717) is 15.9 Å². The van der Waals surface area contributed by atoms with Gasteiger partial charge in [-0.1, -0.05) is 29.3 Å². The van der Waals surface area contributed by atoms with Gasteiger partial charge in [0.1, 0.15) is 10.8 Å². The predicted molar refractivity (Wildman–Crippen MR) is 75.3 cm³/mol. The van der Waals surface area contributed by atoms with Crippen LogP contribution in [0.25, 0.3) is 10.6 Å². The van der Waals surface area contributed by atoms with E-state index in [-0.39, 0.29) is 12.5 Å². The zero-order valence-electron chi connectivity index (χ0n) is 9.11. The van der Waals surface area contributed by atoms with Gasteiger partial charge in [0.2, 0.25) is 5.91 Å². The number of carbonyl (C=O) groups excluding carboxylic acids is 1. The Labute approximate surface area is 118 Å². The first-order chi connectivity index (χ1) is 8.60. The van der Waals surface area contributed by atoms with Gasteiger partial charge in [-0.05, 0) is 12.1 Å². The Bertz CT molecular complexity index is 585. The van der Waals surface area contributed by atoms with Crippen molar-refractivity contribution in [3.63, 3.8) is 0 Å². The highest BCUT2D eigenvalue weighted by Gasteiger charge is 2.08. The summed E-state index contributed by atoms with van der Waals surface area (Å²) in [4.78, 5) is 15.4. The molecule has 0 unspecified atom stereocenters. The van der Waals surface area contributed by atoms with Gasteiger partial charge in [0, 0.05) is 10.9 Å². The molecule has 3 N–H and O–H groups in total. The fourth-order valence-corrected chi connectivity index (χ4v) is 2.33. The second-order valence-electron chi connectivity index (χ2n) is 3.42. The molecule has 2 aromatic rings. The van der Waals surface area contributed by atoms with Gasteiger partial charge >= 0.3 is 0 Å². The van der Waals surface area contributed by atoms with E-state index in [4.69, 9.17) is 28.9 Å². The van der Waals surface area contributed by atoms with E-state index >= 15 is 0 Å². The maximum Gasteiger partial charge on any atom is 0.239 e. The Balaban J connectivity index is 2.23. The van der Waals surface area contributed by atoms with E-state index in [1.807, 2.05) is 6.07 Å². The highest BCUT2D eigenvalue weighted by Crippen LogP contribution is 2.31. The number of rotatable bonds is 3. The van der Waals surface area contributed by atoms with Crippen LogP contribution in [0.15, 0.2) is 23.6 Å². The molecule has 1 amide bonds. The molecule has 0 aliphatic rings. The Kier molecular flexibility index (Phi) is 4.19. The van der Waals surface area contributed by atoms with E-state index in [9.17, 15) is 4.79 Å². The Morgan fingerprint density at radius 3 is 2.83 bits per heavy atom. The molecule has 0 aliphatic carbocycles. The lowest BCUT2D eigenvalue weighted by molar-refractivity contribution is -0.114. The summed E-state index contributed by atoms with van der Waals surface area (Å²) >= 11 is 13.2. The highest BCUT2D eigenvalue weighted by molar-refractivity contribution is 7.13. The van der Waals surface area contributed by atoms with Crippen LogP contribution in [0.3, 0.4) is 0 Å². The summed E-state index contributed by atoms with van der Waals surface area (Å²) in [7, 11) is 0. The molecule has 1 aromatic heterocycles. The minimum absolute atomic E-state index is 0.0698. The molecule has 0 atom stereocenters. The monoisotopic (exact) mass is 301 g/mol. The summed E-state index contributed by atoms with van der Waals surface area (Å²) < 4.78 is 0. The van der Waals surface area contributed by atoms with Gasteiger partial charge < -0.3 is 11.1 Å². The maximum atomic E-state index is 11.1. The fourth-order valence-electron chi connectivity index (χ4n) is 1.29. The van der Waals surface area contributed by atoms with E-state index in [2.05, 4.69) is 10.3 Å². The van der Waals surface area contributed by atoms with Gasteiger partial charge in [-0.2, -0.15) is 0 Å². The van der Waals surface area contributed by atoms with Gasteiger partial charge in [-0.15, -0.1) is 11.3 Å². The molecule has 0 saturated carbocycles. The Hall–Kier alpha value is -1.14. The van der Waals surface area contributed by atoms with Crippen LogP contribution in [0.5, 0.6) is 0 Å². The van der Waals surface area contributed by atoms with Crippen LogP contribution in [-0.2, 0) is 4.79 Å². The van der Waals surface area contributed by atoms with Crippen molar-refractivity contribution in [1.29, 1.82) is 0 Å². The molecule has 18 heavy (non-hydrogen) atoms. The van der Waals surface area contributed by atoms with Gasteiger partial charge in [0.25, 0.3) is 0 Å². The van der Waals surface area contributed by atoms with Crippen molar-refractivity contribution in [3.05, 3.63) is 33.6 Å². The minimum atomic E-state index is -0.277. The number of nitrogens with zero attached hydrogens (tertiary/aromatic N) is 1. The summed E-state index contributed by atoms with van der Waals surface area (Å²) in [5.74, 6) is 0.206. The number of benzene rings is 1. The van der Waals surface area contributed by atoms with Crippen molar-refractivity contribution < 1.29 is 4.79 Å². The van der Waals surface area contributed by atoms with E-state index in [1.54, 1.807) is 17.5 Å². The van der Waals surface area contributed by atoms with Crippen molar-refractivity contribution in [3.8, 4) is 10.6 Å². The zero-order valence-corrected chi connectivity index (χ0v) is 11.4. The second kappa shape index (κ2) is 5.67. The average molecular weight is 302 g/mol. The number of aromatic nitrogens is 1. The zero-order chi connectivity index (χ0) is 13.1. The molecule has 0 spiro atoms. The van der Waals surface area contributed by atoms with Gasteiger partial charge in [0.05, 0.1) is 16.6 Å². The van der Waals surface area contributed by atoms with Crippen LogP contribution >= 0.6 is 34.5 Å². The highest BCUT2D eigenvalue weighted by atomic mass is 35.5. The first-order valence-corrected chi connectivity index (χ1v) is 6.64. The second-order valence-corrected chi connectivity index (χ2v) is 5.09. The standard InChI is InChI=1S/C11H9Cl2N3OS/c12-7-2-1-6(3-8(7)13)11-16-9(5-18-11)15-10(17)4-14/h1-3,5H,4,14H2,(H,15,17).